The molecule has 1 aliphatic heterocycles. The van der Waals surface area contributed by atoms with Crippen LogP contribution in [0.5, 0.6) is 0 Å². The molecule has 0 spiro atoms. The van der Waals surface area contributed by atoms with Gasteiger partial charge in [0.15, 0.2) is 0 Å². The highest BCUT2D eigenvalue weighted by molar-refractivity contribution is 6.42. The average molecular weight is 301 g/mol. The van der Waals surface area contributed by atoms with Crippen LogP contribution >= 0.6 is 23.2 Å². The zero-order valence-electron chi connectivity index (χ0n) is 11.7. The van der Waals surface area contributed by atoms with E-state index in [4.69, 9.17) is 23.2 Å². The Morgan fingerprint density at radius 3 is 2.68 bits per heavy atom. The molecule has 2 nitrogen and oxygen atoms in total. The molecule has 1 heterocycles. The van der Waals surface area contributed by atoms with E-state index in [0.29, 0.717) is 10.0 Å². The van der Waals surface area contributed by atoms with Crippen LogP contribution in [-0.2, 0) is 6.54 Å². The Kier molecular flexibility index (Phi) is 5.13. The highest BCUT2D eigenvalue weighted by Crippen LogP contribution is 2.31. The first-order valence-corrected chi connectivity index (χ1v) is 7.77. The van der Waals surface area contributed by atoms with E-state index in [1.54, 1.807) is 0 Å². The van der Waals surface area contributed by atoms with E-state index < -0.39 is 0 Å². The zero-order valence-corrected chi connectivity index (χ0v) is 13.2. The third-order valence-electron chi connectivity index (χ3n) is 4.39. The minimum absolute atomic E-state index is 0.240. The molecule has 0 bridgehead atoms. The van der Waals surface area contributed by atoms with Gasteiger partial charge in [-0.3, -0.25) is 4.90 Å². The summed E-state index contributed by atoms with van der Waals surface area (Å²) < 4.78 is 0. The van der Waals surface area contributed by atoms with Gasteiger partial charge in [-0.25, -0.2) is 0 Å². The van der Waals surface area contributed by atoms with Crippen molar-refractivity contribution in [2.45, 2.75) is 38.8 Å². The van der Waals surface area contributed by atoms with Crippen LogP contribution in [0.1, 0.15) is 32.3 Å². The van der Waals surface area contributed by atoms with E-state index >= 15 is 0 Å². The van der Waals surface area contributed by atoms with Crippen LogP contribution in [0.3, 0.4) is 0 Å². The van der Waals surface area contributed by atoms with E-state index in [9.17, 15) is 0 Å². The van der Waals surface area contributed by atoms with E-state index in [-0.39, 0.29) is 5.54 Å². The lowest BCUT2D eigenvalue weighted by Crippen LogP contribution is -2.60. The molecule has 1 aromatic carbocycles. The number of rotatable bonds is 4. The molecule has 0 atom stereocenters. The van der Waals surface area contributed by atoms with Crippen molar-refractivity contribution in [3.8, 4) is 0 Å². The fraction of sp³-hybridized carbons (Fsp3) is 0.600. The third-order valence-corrected chi connectivity index (χ3v) is 5.25. The molecule has 106 valence electrons. The van der Waals surface area contributed by atoms with Crippen molar-refractivity contribution >= 4 is 23.2 Å². The summed E-state index contributed by atoms with van der Waals surface area (Å²) in [5.41, 5.74) is 1.37. The predicted octanol–water partition coefficient (Wildman–Crippen LogP) is 3.96. The van der Waals surface area contributed by atoms with Crippen molar-refractivity contribution < 1.29 is 0 Å². The Morgan fingerprint density at radius 2 is 2.00 bits per heavy atom. The zero-order chi connectivity index (χ0) is 13.9. The van der Waals surface area contributed by atoms with Crippen molar-refractivity contribution in [3.05, 3.63) is 33.8 Å². The molecule has 0 amide bonds. The van der Waals surface area contributed by atoms with Gasteiger partial charge >= 0.3 is 0 Å². The fourth-order valence-electron chi connectivity index (χ4n) is 2.95. The van der Waals surface area contributed by atoms with Gasteiger partial charge in [-0.05, 0) is 24.5 Å². The van der Waals surface area contributed by atoms with Gasteiger partial charge in [0, 0.05) is 31.7 Å². The summed E-state index contributed by atoms with van der Waals surface area (Å²) in [4.78, 5) is 2.56. The lowest BCUT2D eigenvalue weighted by Gasteiger charge is -2.47. The second kappa shape index (κ2) is 6.45. The number of hydrogen-bond donors (Lipinski definition) is 1. The molecule has 0 saturated carbocycles. The quantitative estimate of drug-likeness (QED) is 0.905. The molecule has 1 aromatic rings. The first-order valence-electron chi connectivity index (χ1n) is 7.01. The lowest BCUT2D eigenvalue weighted by atomic mass is 9.88. The fourth-order valence-corrected chi connectivity index (χ4v) is 3.33. The van der Waals surface area contributed by atoms with Gasteiger partial charge in [-0.2, -0.15) is 0 Å². The molecule has 0 aromatic heterocycles. The van der Waals surface area contributed by atoms with Crippen LogP contribution in [0.4, 0.5) is 0 Å². The van der Waals surface area contributed by atoms with Crippen molar-refractivity contribution in [1.29, 1.82) is 0 Å². The minimum Gasteiger partial charge on any atom is -0.314 e. The first-order chi connectivity index (χ1) is 9.13. The van der Waals surface area contributed by atoms with Gasteiger partial charge in [0.1, 0.15) is 0 Å². The van der Waals surface area contributed by atoms with Gasteiger partial charge in [0.05, 0.1) is 10.0 Å². The number of halogens is 2. The average Bonchev–Trinajstić information content (AvgIpc) is 2.44. The molecule has 4 heteroatoms. The number of nitrogens with zero attached hydrogens (tertiary/aromatic N) is 1. The van der Waals surface area contributed by atoms with E-state index in [2.05, 4.69) is 30.1 Å². The summed E-state index contributed by atoms with van der Waals surface area (Å²) in [5.74, 6) is 0. The van der Waals surface area contributed by atoms with Crippen LogP contribution in [-0.4, -0.2) is 30.1 Å². The summed E-state index contributed by atoms with van der Waals surface area (Å²) in [6.07, 6.45) is 2.30. The van der Waals surface area contributed by atoms with Crippen molar-refractivity contribution in [2.24, 2.45) is 0 Å². The topological polar surface area (TPSA) is 15.3 Å². The molecule has 1 aliphatic rings. The van der Waals surface area contributed by atoms with Gasteiger partial charge in [0.2, 0.25) is 0 Å². The van der Waals surface area contributed by atoms with Crippen molar-refractivity contribution in [3.63, 3.8) is 0 Å². The molecule has 0 radical (unpaired) electrons. The Bertz CT molecular complexity index is 430. The number of benzene rings is 1. The van der Waals surface area contributed by atoms with E-state index in [1.165, 1.54) is 0 Å². The van der Waals surface area contributed by atoms with Gasteiger partial charge in [0.25, 0.3) is 0 Å². The Hall–Kier alpha value is -0.280. The summed E-state index contributed by atoms with van der Waals surface area (Å²) in [6, 6.07) is 5.90. The predicted molar refractivity (Wildman–Crippen MR) is 83.1 cm³/mol. The molecule has 1 N–H and O–H groups in total. The normalized spacial score (nSPS) is 19.6. The summed E-state index contributed by atoms with van der Waals surface area (Å²) in [6.45, 7) is 8.57. The van der Waals surface area contributed by atoms with Crippen LogP contribution in [0.2, 0.25) is 10.0 Å². The summed E-state index contributed by atoms with van der Waals surface area (Å²) in [5, 5.41) is 4.86. The number of piperazine rings is 1. The smallest absolute Gasteiger partial charge is 0.0637 e. The second-order valence-corrected chi connectivity index (χ2v) is 6.03. The molecule has 19 heavy (non-hydrogen) atoms. The molecule has 0 unspecified atom stereocenters. The van der Waals surface area contributed by atoms with Crippen LogP contribution in [0, 0.1) is 0 Å². The highest BCUT2D eigenvalue weighted by atomic mass is 35.5. The van der Waals surface area contributed by atoms with Crippen molar-refractivity contribution in [2.75, 3.05) is 19.6 Å². The van der Waals surface area contributed by atoms with E-state index in [1.807, 2.05) is 12.1 Å². The number of hydrogen-bond acceptors (Lipinski definition) is 2. The standard InChI is InChI=1S/C15H22Cl2N2/c1-3-15(4-2)11-18-8-9-19(15)10-12-6-5-7-13(16)14(12)17/h5-7,18H,3-4,8-11H2,1-2H3. The van der Waals surface area contributed by atoms with Gasteiger partial charge in [-0.15, -0.1) is 0 Å². The highest BCUT2D eigenvalue weighted by Gasteiger charge is 2.35. The summed E-state index contributed by atoms with van der Waals surface area (Å²) >= 11 is 12.4. The van der Waals surface area contributed by atoms with Crippen molar-refractivity contribution in [1.82, 2.24) is 10.2 Å². The number of nitrogens with one attached hydrogen (secondary N) is 1. The SMILES string of the molecule is CCC1(CC)CNCCN1Cc1cccc(Cl)c1Cl. The molecule has 1 saturated heterocycles. The van der Waals surface area contributed by atoms with Gasteiger partial charge in [-0.1, -0.05) is 49.2 Å². The Labute approximate surface area is 126 Å². The van der Waals surface area contributed by atoms with Crippen LogP contribution in [0.25, 0.3) is 0 Å². The lowest BCUT2D eigenvalue weighted by molar-refractivity contribution is 0.0448. The molecule has 0 aliphatic carbocycles. The molecule has 2 rings (SSSR count). The maximum Gasteiger partial charge on any atom is 0.0637 e. The maximum absolute atomic E-state index is 6.32. The molecular weight excluding hydrogens is 279 g/mol. The van der Waals surface area contributed by atoms with Crippen LogP contribution in [0.15, 0.2) is 18.2 Å². The second-order valence-electron chi connectivity index (χ2n) is 5.24. The largest absolute Gasteiger partial charge is 0.314 e. The molecule has 1 fully saturated rings. The van der Waals surface area contributed by atoms with E-state index in [0.717, 1.165) is 44.6 Å². The Morgan fingerprint density at radius 1 is 1.26 bits per heavy atom. The molecular formula is C15H22Cl2N2. The van der Waals surface area contributed by atoms with Gasteiger partial charge < -0.3 is 5.32 Å². The van der Waals surface area contributed by atoms with Crippen LogP contribution < -0.4 is 5.32 Å². The monoisotopic (exact) mass is 300 g/mol. The minimum atomic E-state index is 0.240. The maximum atomic E-state index is 6.32. The first kappa shape index (κ1) is 15.1. The third kappa shape index (κ3) is 3.08. The summed E-state index contributed by atoms with van der Waals surface area (Å²) in [7, 11) is 0. The Balaban J connectivity index is 2.22.